The van der Waals surface area contributed by atoms with Crippen molar-refractivity contribution in [3.63, 3.8) is 0 Å². The van der Waals surface area contributed by atoms with E-state index in [-0.39, 0.29) is 18.2 Å². The minimum Gasteiger partial charge on any atom is -0.296 e. The fourth-order valence-corrected chi connectivity index (χ4v) is 2.26. The summed E-state index contributed by atoms with van der Waals surface area (Å²) in [6.45, 7) is 5.78. The zero-order chi connectivity index (χ0) is 11.9. The molecule has 1 aliphatic rings. The highest BCUT2D eigenvalue weighted by atomic mass is 16.2. The Labute approximate surface area is 94.9 Å². The van der Waals surface area contributed by atoms with E-state index in [9.17, 15) is 9.59 Å². The quantitative estimate of drug-likeness (QED) is 0.726. The number of aryl methyl sites for hydroxylation is 2. The van der Waals surface area contributed by atoms with Crippen molar-refractivity contribution in [2.24, 2.45) is 0 Å². The van der Waals surface area contributed by atoms with Gasteiger partial charge < -0.3 is 0 Å². The van der Waals surface area contributed by atoms with Crippen LogP contribution in [-0.2, 0) is 15.0 Å². The molecule has 0 aliphatic carbocycles. The number of nitrogens with one attached hydrogen (secondary N) is 1. The number of benzene rings is 1. The second-order valence-corrected chi connectivity index (χ2v) is 4.70. The molecule has 0 spiro atoms. The summed E-state index contributed by atoms with van der Waals surface area (Å²) in [7, 11) is 0. The molecule has 1 unspecified atom stereocenters. The Balaban J connectivity index is 2.55. The zero-order valence-corrected chi connectivity index (χ0v) is 9.76. The number of imide groups is 1. The normalized spacial score (nSPS) is 24.7. The zero-order valence-electron chi connectivity index (χ0n) is 9.76. The Bertz CT molecular complexity index is 479. The number of carbonyl (C=O) groups excluding carboxylic acids is 2. The fraction of sp³-hybridized carbons (Fsp3) is 0.385. The van der Waals surface area contributed by atoms with E-state index in [0.29, 0.717) is 0 Å². The van der Waals surface area contributed by atoms with E-state index in [1.54, 1.807) is 0 Å². The first-order chi connectivity index (χ1) is 7.43. The maximum atomic E-state index is 11.8. The van der Waals surface area contributed by atoms with Crippen LogP contribution < -0.4 is 5.32 Å². The van der Waals surface area contributed by atoms with E-state index in [0.717, 1.165) is 16.7 Å². The van der Waals surface area contributed by atoms with Gasteiger partial charge in [0.05, 0.1) is 5.41 Å². The van der Waals surface area contributed by atoms with Gasteiger partial charge in [-0.1, -0.05) is 23.8 Å². The summed E-state index contributed by atoms with van der Waals surface area (Å²) in [5.41, 5.74) is 2.41. The van der Waals surface area contributed by atoms with Gasteiger partial charge in [-0.15, -0.1) is 0 Å². The van der Waals surface area contributed by atoms with E-state index in [2.05, 4.69) is 5.32 Å². The molecule has 3 heteroatoms. The number of hydrogen-bond acceptors (Lipinski definition) is 2. The monoisotopic (exact) mass is 217 g/mol. The minimum atomic E-state index is -0.701. The van der Waals surface area contributed by atoms with Gasteiger partial charge in [0.15, 0.2) is 0 Å². The van der Waals surface area contributed by atoms with E-state index in [1.807, 2.05) is 39.0 Å². The molecule has 2 amide bonds. The summed E-state index contributed by atoms with van der Waals surface area (Å²) in [6, 6.07) is 6.00. The molecule has 1 aliphatic heterocycles. The molecule has 0 radical (unpaired) electrons. The highest BCUT2D eigenvalue weighted by Gasteiger charge is 2.44. The van der Waals surface area contributed by atoms with Crippen molar-refractivity contribution in [2.75, 3.05) is 0 Å². The molecule has 0 aromatic heterocycles. The van der Waals surface area contributed by atoms with E-state index < -0.39 is 5.41 Å². The molecule has 84 valence electrons. The third kappa shape index (κ3) is 1.52. The Hall–Kier alpha value is -1.64. The highest BCUT2D eigenvalue weighted by molar-refractivity contribution is 6.08. The van der Waals surface area contributed by atoms with Crippen molar-refractivity contribution in [2.45, 2.75) is 32.6 Å². The smallest absolute Gasteiger partial charge is 0.237 e. The molecular formula is C13H15NO2. The number of carbonyl (C=O) groups is 2. The molecule has 1 atom stereocenters. The predicted octanol–water partition coefficient (Wildman–Crippen LogP) is 1.61. The molecule has 1 N–H and O–H groups in total. The van der Waals surface area contributed by atoms with Gasteiger partial charge in [0.25, 0.3) is 0 Å². The van der Waals surface area contributed by atoms with Crippen molar-refractivity contribution < 1.29 is 9.59 Å². The molecule has 16 heavy (non-hydrogen) atoms. The lowest BCUT2D eigenvalue weighted by Gasteiger charge is -2.22. The second kappa shape index (κ2) is 3.44. The molecule has 1 heterocycles. The maximum Gasteiger partial charge on any atom is 0.237 e. The molecule has 1 fully saturated rings. The lowest BCUT2D eigenvalue weighted by atomic mass is 9.78. The molecule has 1 saturated heterocycles. The summed E-state index contributed by atoms with van der Waals surface area (Å²) in [5.74, 6) is -0.375. The van der Waals surface area contributed by atoms with Crippen LogP contribution in [-0.4, -0.2) is 11.8 Å². The molecular weight excluding hydrogens is 202 g/mol. The van der Waals surface area contributed by atoms with Crippen LogP contribution in [0, 0.1) is 13.8 Å². The minimum absolute atomic E-state index is 0.187. The highest BCUT2D eigenvalue weighted by Crippen LogP contribution is 2.34. The molecule has 0 bridgehead atoms. The van der Waals surface area contributed by atoms with E-state index >= 15 is 0 Å². The van der Waals surface area contributed by atoms with Gasteiger partial charge in [-0.2, -0.15) is 0 Å². The summed E-state index contributed by atoms with van der Waals surface area (Å²) in [5, 5.41) is 2.37. The third-order valence-corrected chi connectivity index (χ3v) is 3.26. The first-order valence-corrected chi connectivity index (χ1v) is 5.35. The van der Waals surface area contributed by atoms with E-state index in [4.69, 9.17) is 0 Å². The Kier molecular flexibility index (Phi) is 2.34. The summed E-state index contributed by atoms with van der Waals surface area (Å²) >= 11 is 0. The fourth-order valence-electron chi connectivity index (χ4n) is 2.26. The molecule has 2 rings (SSSR count). The van der Waals surface area contributed by atoms with Gasteiger partial charge in [0.2, 0.25) is 11.8 Å². The topological polar surface area (TPSA) is 46.2 Å². The van der Waals surface area contributed by atoms with Crippen LogP contribution in [0.15, 0.2) is 18.2 Å². The lowest BCUT2D eigenvalue weighted by molar-refractivity contribution is -0.126. The second-order valence-electron chi connectivity index (χ2n) is 4.70. The van der Waals surface area contributed by atoms with Crippen LogP contribution in [0.2, 0.25) is 0 Å². The molecule has 1 aromatic carbocycles. The van der Waals surface area contributed by atoms with Crippen LogP contribution in [0.25, 0.3) is 0 Å². The van der Waals surface area contributed by atoms with Crippen LogP contribution in [0.3, 0.4) is 0 Å². The average molecular weight is 217 g/mol. The Morgan fingerprint density at radius 1 is 1.25 bits per heavy atom. The first-order valence-electron chi connectivity index (χ1n) is 5.35. The first kappa shape index (κ1) is 10.9. The van der Waals surface area contributed by atoms with Gasteiger partial charge in [-0.25, -0.2) is 0 Å². The van der Waals surface area contributed by atoms with Crippen LogP contribution in [0.5, 0.6) is 0 Å². The Morgan fingerprint density at radius 3 is 2.50 bits per heavy atom. The summed E-state index contributed by atoms with van der Waals surface area (Å²) < 4.78 is 0. The molecule has 1 aromatic rings. The maximum absolute atomic E-state index is 11.8. The average Bonchev–Trinajstić information content (AvgIpc) is 2.46. The van der Waals surface area contributed by atoms with Crippen molar-refractivity contribution in [1.82, 2.24) is 5.32 Å². The number of rotatable bonds is 1. The standard InChI is InChI=1S/C13H15NO2/c1-8-4-5-9(2)10(6-8)13(3)7-11(15)14-12(13)16/h4-6H,7H2,1-3H3,(H,14,15,16). The van der Waals surface area contributed by atoms with Gasteiger partial charge in [-0.3, -0.25) is 14.9 Å². The van der Waals surface area contributed by atoms with Crippen LogP contribution >= 0.6 is 0 Å². The van der Waals surface area contributed by atoms with Gasteiger partial charge >= 0.3 is 0 Å². The third-order valence-electron chi connectivity index (χ3n) is 3.26. The van der Waals surface area contributed by atoms with Crippen molar-refractivity contribution in [1.29, 1.82) is 0 Å². The van der Waals surface area contributed by atoms with Crippen LogP contribution in [0.4, 0.5) is 0 Å². The SMILES string of the molecule is Cc1ccc(C)c(C2(C)CC(=O)NC2=O)c1. The van der Waals surface area contributed by atoms with Gasteiger partial charge in [-0.05, 0) is 31.9 Å². The van der Waals surface area contributed by atoms with Gasteiger partial charge in [0, 0.05) is 6.42 Å². The van der Waals surface area contributed by atoms with Crippen molar-refractivity contribution in [3.8, 4) is 0 Å². The van der Waals surface area contributed by atoms with Gasteiger partial charge in [0.1, 0.15) is 0 Å². The largest absolute Gasteiger partial charge is 0.296 e. The summed E-state index contributed by atoms with van der Waals surface area (Å²) in [6.07, 6.45) is 0.246. The number of amides is 2. The Morgan fingerprint density at radius 2 is 1.94 bits per heavy atom. The van der Waals surface area contributed by atoms with E-state index in [1.165, 1.54) is 0 Å². The molecule has 0 saturated carbocycles. The lowest BCUT2D eigenvalue weighted by Crippen LogP contribution is -2.33. The predicted molar refractivity (Wildman–Crippen MR) is 61.0 cm³/mol. The number of hydrogen-bond donors (Lipinski definition) is 1. The van der Waals surface area contributed by atoms with Crippen LogP contribution in [0.1, 0.15) is 30.0 Å². The summed E-state index contributed by atoms with van der Waals surface area (Å²) in [4.78, 5) is 23.1. The molecule has 3 nitrogen and oxygen atoms in total. The van der Waals surface area contributed by atoms with Crippen molar-refractivity contribution >= 4 is 11.8 Å². The van der Waals surface area contributed by atoms with Crippen molar-refractivity contribution in [3.05, 3.63) is 34.9 Å².